The van der Waals surface area contributed by atoms with E-state index < -0.39 is 29.2 Å². The van der Waals surface area contributed by atoms with Gasteiger partial charge in [0.05, 0.1) is 0 Å². The van der Waals surface area contributed by atoms with Crippen molar-refractivity contribution in [2.75, 3.05) is 18.1 Å². The van der Waals surface area contributed by atoms with Crippen molar-refractivity contribution in [1.82, 2.24) is 19.6 Å². The third-order valence-corrected chi connectivity index (χ3v) is 6.74. The first kappa shape index (κ1) is 23.2. The minimum absolute atomic E-state index is 0.0733. The zero-order valence-corrected chi connectivity index (χ0v) is 19.1. The maximum Gasteiger partial charge on any atom is 0.352 e. The van der Waals surface area contributed by atoms with Crippen LogP contribution in [0.5, 0.6) is 0 Å². The molecule has 0 saturated carbocycles. The summed E-state index contributed by atoms with van der Waals surface area (Å²) in [6.45, 7) is 0.128. The third kappa shape index (κ3) is 4.56. The fourth-order valence-electron chi connectivity index (χ4n) is 3.42. The van der Waals surface area contributed by atoms with Gasteiger partial charge >= 0.3 is 5.97 Å². The number of nitrogen functional groups attached to an aromatic ring is 1. The zero-order chi connectivity index (χ0) is 24.2. The van der Waals surface area contributed by atoms with E-state index in [4.69, 9.17) is 17.0 Å². The van der Waals surface area contributed by atoms with Crippen LogP contribution in [0.25, 0.3) is 0 Å². The van der Waals surface area contributed by atoms with Gasteiger partial charge in [0.25, 0.3) is 11.8 Å². The first-order valence-electron chi connectivity index (χ1n) is 9.78. The molecule has 0 radical (unpaired) electrons. The molecule has 0 aromatic carbocycles. The Kier molecular flexibility index (Phi) is 6.75. The Morgan fingerprint density at radius 3 is 2.82 bits per heavy atom. The number of fused-ring (bicyclic) bond motifs is 1. The van der Waals surface area contributed by atoms with E-state index in [9.17, 15) is 19.5 Å². The van der Waals surface area contributed by atoms with Crippen LogP contribution in [-0.4, -0.2) is 66.6 Å². The molecule has 2 amide bonds. The van der Waals surface area contributed by atoms with Crippen LogP contribution >= 0.6 is 23.3 Å². The summed E-state index contributed by atoms with van der Waals surface area (Å²) in [5.41, 5.74) is 5.81. The third-order valence-electron chi connectivity index (χ3n) is 4.86. The van der Waals surface area contributed by atoms with Gasteiger partial charge in [-0.2, -0.15) is 9.36 Å². The van der Waals surface area contributed by atoms with Gasteiger partial charge in [0.1, 0.15) is 17.1 Å². The Balaban J connectivity index is 1.53. The van der Waals surface area contributed by atoms with E-state index in [2.05, 4.69) is 25.8 Å². The molecule has 2 aromatic rings. The number of carbonyl (C=O) groups excluding carboxylic acids is 2. The van der Waals surface area contributed by atoms with Crippen molar-refractivity contribution in [2.24, 2.45) is 5.16 Å². The number of nitrogens with one attached hydrogen (secondary N) is 1. The number of carboxylic acids is 1. The van der Waals surface area contributed by atoms with Crippen LogP contribution in [0.1, 0.15) is 5.82 Å². The number of hydrogen-bond donors (Lipinski definition) is 3. The lowest BCUT2D eigenvalue weighted by molar-refractivity contribution is -0.689. The molecule has 0 bridgehead atoms. The Morgan fingerprint density at radius 2 is 2.18 bits per heavy atom. The van der Waals surface area contributed by atoms with Gasteiger partial charge in [0.15, 0.2) is 30.7 Å². The Hall–Kier alpha value is -3.96. The molecule has 1 unspecified atom stereocenters. The molecule has 4 rings (SSSR count). The van der Waals surface area contributed by atoms with Crippen LogP contribution in [-0.2, 0) is 25.8 Å². The molecule has 12 nitrogen and oxygen atoms in total. The molecule has 1 saturated heterocycles. The molecular formula is C20H18N7O5S2+. The first-order chi connectivity index (χ1) is 16.4. The second-order valence-electron chi connectivity index (χ2n) is 7.04. The Bertz CT molecular complexity index is 1240. The normalized spacial score (nSPS) is 19.7. The number of aromatic nitrogens is 3. The number of oxime groups is 1. The monoisotopic (exact) mass is 500 g/mol. The van der Waals surface area contributed by atoms with E-state index in [1.165, 1.54) is 16.7 Å². The zero-order valence-electron chi connectivity index (χ0n) is 17.5. The number of anilines is 1. The molecule has 2 atom stereocenters. The highest BCUT2D eigenvalue weighted by Gasteiger charge is 2.54. The van der Waals surface area contributed by atoms with Crippen molar-refractivity contribution < 1.29 is 28.9 Å². The lowest BCUT2D eigenvalue weighted by Gasteiger charge is -2.49. The SMILES string of the molecule is C#CCON=C(C(=O)NC1C(=O)N2C(C(=O)O)=C(C[n+]3ccccc3)CS[C@@H]12)c1nsc(N)n1. The fourth-order valence-corrected chi connectivity index (χ4v) is 5.19. The molecule has 2 aliphatic heterocycles. The van der Waals surface area contributed by atoms with Crippen molar-refractivity contribution in [1.29, 1.82) is 0 Å². The summed E-state index contributed by atoms with van der Waals surface area (Å²) in [7, 11) is 0. The average Bonchev–Trinajstić information content (AvgIpc) is 3.26. The molecule has 174 valence electrons. The highest BCUT2D eigenvalue weighted by Crippen LogP contribution is 2.40. The minimum Gasteiger partial charge on any atom is -0.477 e. The van der Waals surface area contributed by atoms with Gasteiger partial charge in [-0.3, -0.25) is 14.5 Å². The summed E-state index contributed by atoms with van der Waals surface area (Å²) in [5, 5.41) is 15.6. The summed E-state index contributed by atoms with van der Waals surface area (Å²) in [5.74, 6) is -0.0226. The second-order valence-corrected chi connectivity index (χ2v) is 8.93. The van der Waals surface area contributed by atoms with E-state index in [0.29, 0.717) is 17.9 Å². The number of rotatable bonds is 8. The number of β-lactam (4-membered cyclic amide) rings is 1. The largest absolute Gasteiger partial charge is 0.477 e. The molecule has 2 aliphatic rings. The van der Waals surface area contributed by atoms with E-state index in [-0.39, 0.29) is 29.0 Å². The van der Waals surface area contributed by atoms with Crippen LogP contribution in [0, 0.1) is 12.3 Å². The van der Waals surface area contributed by atoms with E-state index in [0.717, 1.165) is 11.5 Å². The topological polar surface area (TPSA) is 164 Å². The van der Waals surface area contributed by atoms with E-state index in [1.54, 1.807) is 0 Å². The van der Waals surface area contributed by atoms with Crippen LogP contribution in [0.4, 0.5) is 5.13 Å². The molecule has 14 heteroatoms. The summed E-state index contributed by atoms with van der Waals surface area (Å²) in [4.78, 5) is 47.9. The van der Waals surface area contributed by atoms with Crippen molar-refractivity contribution >= 4 is 51.9 Å². The maximum absolute atomic E-state index is 12.9. The summed E-state index contributed by atoms with van der Waals surface area (Å²) >= 11 is 2.22. The number of nitrogens with zero attached hydrogens (tertiary/aromatic N) is 5. The Morgan fingerprint density at radius 1 is 1.41 bits per heavy atom. The predicted molar refractivity (Wildman–Crippen MR) is 122 cm³/mol. The number of amides is 2. The fraction of sp³-hybridized carbons (Fsp3) is 0.250. The van der Waals surface area contributed by atoms with Crippen molar-refractivity contribution in [3.05, 3.63) is 47.7 Å². The first-order valence-corrected chi connectivity index (χ1v) is 11.6. The number of aliphatic carboxylic acids is 1. The average molecular weight is 501 g/mol. The molecule has 1 fully saturated rings. The number of carbonyl (C=O) groups is 3. The van der Waals surface area contributed by atoms with Crippen LogP contribution < -0.4 is 15.6 Å². The summed E-state index contributed by atoms with van der Waals surface area (Å²) in [6, 6.07) is 4.55. The minimum atomic E-state index is -1.21. The summed E-state index contributed by atoms with van der Waals surface area (Å²) < 4.78 is 5.77. The number of nitrogens with two attached hydrogens (primary N) is 1. The molecule has 34 heavy (non-hydrogen) atoms. The van der Waals surface area contributed by atoms with Crippen molar-refractivity contribution in [2.45, 2.75) is 18.0 Å². The maximum atomic E-state index is 12.9. The second kappa shape index (κ2) is 9.89. The van der Waals surface area contributed by atoms with Gasteiger partial charge < -0.3 is 21.0 Å². The standard InChI is InChI=1S/C20H17N7O5S2/c1-2-8-32-24-12(15-23-20(21)34-25-15)16(28)22-13-17(29)27-14(19(30)31)11(10-33-18(13)27)9-26-6-4-3-5-7-26/h1,3-7,13,18H,8-10H2,(H3-,21,22,23,25,28,30,31)/p+1/t13?,18-/m0/s1. The van der Waals surface area contributed by atoms with Gasteiger partial charge in [-0.1, -0.05) is 17.1 Å². The number of hydrogen-bond acceptors (Lipinski definition) is 10. The van der Waals surface area contributed by atoms with Gasteiger partial charge in [0.2, 0.25) is 11.5 Å². The summed E-state index contributed by atoms with van der Waals surface area (Å²) in [6.07, 6.45) is 8.76. The van der Waals surface area contributed by atoms with Gasteiger partial charge in [0, 0.05) is 35.0 Å². The molecule has 2 aromatic heterocycles. The number of thioether (sulfide) groups is 1. The Labute approximate surface area is 201 Å². The predicted octanol–water partition coefficient (Wildman–Crippen LogP) is -0.799. The number of terminal acetylenes is 1. The molecule has 4 heterocycles. The van der Waals surface area contributed by atoms with Crippen LogP contribution in [0.15, 0.2) is 47.0 Å². The van der Waals surface area contributed by atoms with Gasteiger partial charge in [-0.05, 0) is 0 Å². The molecule has 0 aliphatic carbocycles. The van der Waals surface area contributed by atoms with Gasteiger partial charge in [-0.15, -0.1) is 18.2 Å². The number of carboxylic acid groups (broad SMARTS) is 1. The highest BCUT2D eigenvalue weighted by atomic mass is 32.2. The number of pyridine rings is 1. The van der Waals surface area contributed by atoms with Gasteiger partial charge in [-0.25, -0.2) is 9.36 Å². The highest BCUT2D eigenvalue weighted by molar-refractivity contribution is 8.00. The van der Waals surface area contributed by atoms with Crippen molar-refractivity contribution in [3.63, 3.8) is 0 Å². The van der Waals surface area contributed by atoms with Crippen LogP contribution in [0.2, 0.25) is 0 Å². The molecule has 0 spiro atoms. The smallest absolute Gasteiger partial charge is 0.352 e. The van der Waals surface area contributed by atoms with Crippen LogP contribution in [0.3, 0.4) is 0 Å². The van der Waals surface area contributed by atoms with E-state index in [1.807, 2.05) is 35.2 Å². The van der Waals surface area contributed by atoms with Crippen molar-refractivity contribution in [3.8, 4) is 12.3 Å². The lowest BCUT2D eigenvalue weighted by atomic mass is 10.0. The molecular weight excluding hydrogens is 482 g/mol. The quantitative estimate of drug-likeness (QED) is 0.105. The molecule has 4 N–H and O–H groups in total. The lowest BCUT2D eigenvalue weighted by Crippen LogP contribution is -2.71. The van der Waals surface area contributed by atoms with E-state index >= 15 is 0 Å².